The van der Waals surface area contributed by atoms with E-state index in [2.05, 4.69) is 4.90 Å². The molecule has 0 N–H and O–H groups in total. The van der Waals surface area contributed by atoms with E-state index < -0.39 is 5.97 Å². The molecule has 3 rings (SSSR count). The molecule has 0 spiro atoms. The van der Waals surface area contributed by atoms with Crippen LogP contribution in [0.5, 0.6) is 0 Å². The lowest BCUT2D eigenvalue weighted by Gasteiger charge is -2.15. The van der Waals surface area contributed by atoms with E-state index in [1.807, 2.05) is 6.07 Å². The van der Waals surface area contributed by atoms with Gasteiger partial charge in [-0.25, -0.2) is 4.79 Å². The second kappa shape index (κ2) is 6.23. The van der Waals surface area contributed by atoms with Gasteiger partial charge in [0, 0.05) is 29.7 Å². The number of hydrogen-bond acceptors (Lipinski definition) is 4. The zero-order chi connectivity index (χ0) is 15.7. The Labute approximate surface area is 138 Å². The number of anilines is 1. The van der Waals surface area contributed by atoms with Gasteiger partial charge >= 0.3 is 5.97 Å². The van der Waals surface area contributed by atoms with Gasteiger partial charge in [0.1, 0.15) is 5.76 Å². The van der Waals surface area contributed by atoms with E-state index in [4.69, 9.17) is 32.4 Å². The number of esters is 1. The summed E-state index contributed by atoms with van der Waals surface area (Å²) in [6.07, 6.45) is 2.19. The molecule has 1 aromatic heterocycles. The van der Waals surface area contributed by atoms with Gasteiger partial charge in [0.05, 0.1) is 17.8 Å². The average Bonchev–Trinajstić information content (AvgIpc) is 3.17. The SMILES string of the molecule is COC(=O)c1oc(-c2cc(Cl)ccc2Cl)cc1N1CCCC1. The highest BCUT2D eigenvalue weighted by atomic mass is 35.5. The summed E-state index contributed by atoms with van der Waals surface area (Å²) in [6.45, 7) is 1.79. The van der Waals surface area contributed by atoms with Crippen LogP contribution < -0.4 is 4.90 Å². The molecule has 0 unspecified atom stereocenters. The number of rotatable bonds is 3. The minimum Gasteiger partial charge on any atom is -0.463 e. The molecule has 22 heavy (non-hydrogen) atoms. The van der Waals surface area contributed by atoms with Crippen LogP contribution in [-0.4, -0.2) is 26.2 Å². The predicted octanol–water partition coefficient (Wildman–Crippen LogP) is 4.64. The second-order valence-corrected chi connectivity index (χ2v) is 5.98. The second-order valence-electron chi connectivity index (χ2n) is 5.13. The summed E-state index contributed by atoms with van der Waals surface area (Å²) < 4.78 is 10.6. The van der Waals surface area contributed by atoms with Crippen molar-refractivity contribution in [2.24, 2.45) is 0 Å². The Morgan fingerprint density at radius 1 is 1.23 bits per heavy atom. The van der Waals surface area contributed by atoms with Crippen molar-refractivity contribution in [2.45, 2.75) is 12.8 Å². The Kier molecular flexibility index (Phi) is 4.32. The highest BCUT2D eigenvalue weighted by Gasteiger charge is 2.26. The van der Waals surface area contributed by atoms with Crippen molar-refractivity contribution in [3.8, 4) is 11.3 Å². The van der Waals surface area contributed by atoms with Crippen molar-refractivity contribution in [1.82, 2.24) is 0 Å². The monoisotopic (exact) mass is 339 g/mol. The lowest BCUT2D eigenvalue weighted by Crippen LogP contribution is -2.19. The fraction of sp³-hybridized carbons (Fsp3) is 0.312. The molecule has 1 fully saturated rings. The van der Waals surface area contributed by atoms with E-state index in [9.17, 15) is 4.79 Å². The molecular weight excluding hydrogens is 325 g/mol. The number of benzene rings is 1. The standard InChI is InChI=1S/C16H15Cl2NO3/c1-21-16(20)15-13(19-6-2-3-7-19)9-14(22-15)11-8-10(17)4-5-12(11)18/h4-5,8-9H,2-3,6-7H2,1H3. The molecule has 0 aliphatic carbocycles. The van der Waals surface area contributed by atoms with Crippen molar-refractivity contribution in [3.63, 3.8) is 0 Å². The molecular formula is C16H15Cl2NO3. The lowest BCUT2D eigenvalue weighted by atomic mass is 10.1. The summed E-state index contributed by atoms with van der Waals surface area (Å²) in [4.78, 5) is 14.1. The highest BCUT2D eigenvalue weighted by Crippen LogP contribution is 2.37. The Morgan fingerprint density at radius 2 is 1.95 bits per heavy atom. The fourth-order valence-electron chi connectivity index (χ4n) is 2.63. The average molecular weight is 340 g/mol. The smallest absolute Gasteiger partial charge is 0.376 e. The molecule has 0 saturated carbocycles. The molecule has 1 aromatic carbocycles. The Balaban J connectivity index is 2.09. The molecule has 0 radical (unpaired) electrons. The molecule has 2 heterocycles. The molecule has 0 bridgehead atoms. The van der Waals surface area contributed by atoms with Gasteiger partial charge in [-0.15, -0.1) is 0 Å². The first-order chi connectivity index (χ1) is 10.6. The van der Waals surface area contributed by atoms with Crippen molar-refractivity contribution in [3.05, 3.63) is 40.1 Å². The molecule has 1 saturated heterocycles. The van der Waals surface area contributed by atoms with E-state index in [0.29, 0.717) is 21.4 Å². The van der Waals surface area contributed by atoms with Crippen LogP contribution in [0.2, 0.25) is 10.0 Å². The molecule has 0 atom stereocenters. The van der Waals surface area contributed by atoms with Crippen LogP contribution in [0.4, 0.5) is 5.69 Å². The van der Waals surface area contributed by atoms with Crippen LogP contribution >= 0.6 is 23.2 Å². The van der Waals surface area contributed by atoms with E-state index in [0.717, 1.165) is 31.6 Å². The number of nitrogens with zero attached hydrogens (tertiary/aromatic N) is 1. The van der Waals surface area contributed by atoms with Crippen molar-refractivity contribution >= 4 is 34.9 Å². The summed E-state index contributed by atoms with van der Waals surface area (Å²) in [5.41, 5.74) is 1.40. The quantitative estimate of drug-likeness (QED) is 0.764. The first-order valence-electron chi connectivity index (χ1n) is 7.02. The summed E-state index contributed by atoms with van der Waals surface area (Å²) in [5, 5.41) is 1.07. The highest BCUT2D eigenvalue weighted by molar-refractivity contribution is 6.35. The molecule has 6 heteroatoms. The topological polar surface area (TPSA) is 42.7 Å². The zero-order valence-corrected chi connectivity index (χ0v) is 13.6. The van der Waals surface area contributed by atoms with Crippen LogP contribution in [-0.2, 0) is 4.74 Å². The maximum Gasteiger partial charge on any atom is 0.376 e. The van der Waals surface area contributed by atoms with Crippen LogP contribution in [0.3, 0.4) is 0 Å². The normalized spacial score (nSPS) is 14.4. The minimum atomic E-state index is -0.494. The largest absolute Gasteiger partial charge is 0.463 e. The molecule has 0 amide bonds. The number of methoxy groups -OCH3 is 1. The van der Waals surface area contributed by atoms with Gasteiger partial charge in [-0.3, -0.25) is 0 Å². The van der Waals surface area contributed by atoms with Crippen LogP contribution in [0.15, 0.2) is 28.7 Å². The summed E-state index contributed by atoms with van der Waals surface area (Å²) in [5.74, 6) is 0.219. The van der Waals surface area contributed by atoms with Crippen molar-refractivity contribution in [1.29, 1.82) is 0 Å². The van der Waals surface area contributed by atoms with Crippen LogP contribution in [0.25, 0.3) is 11.3 Å². The first kappa shape index (κ1) is 15.3. The minimum absolute atomic E-state index is 0.204. The number of hydrogen-bond donors (Lipinski definition) is 0. The molecule has 116 valence electrons. The third kappa shape index (κ3) is 2.81. The van der Waals surface area contributed by atoms with Gasteiger partial charge < -0.3 is 14.1 Å². The Bertz CT molecular complexity index is 705. The van der Waals surface area contributed by atoms with Gasteiger partial charge in [0.25, 0.3) is 0 Å². The fourth-order valence-corrected chi connectivity index (χ4v) is 3.02. The molecule has 4 nitrogen and oxygen atoms in total. The van der Waals surface area contributed by atoms with Gasteiger partial charge in [0.15, 0.2) is 0 Å². The maximum atomic E-state index is 12.0. The van der Waals surface area contributed by atoms with Crippen LogP contribution in [0.1, 0.15) is 23.4 Å². The number of furan rings is 1. The third-order valence-electron chi connectivity index (χ3n) is 3.72. The van der Waals surface area contributed by atoms with E-state index in [-0.39, 0.29) is 5.76 Å². The van der Waals surface area contributed by atoms with E-state index >= 15 is 0 Å². The van der Waals surface area contributed by atoms with Gasteiger partial charge in [-0.05, 0) is 31.0 Å². The van der Waals surface area contributed by atoms with Gasteiger partial charge in [-0.2, -0.15) is 0 Å². The third-order valence-corrected chi connectivity index (χ3v) is 4.29. The van der Waals surface area contributed by atoms with Crippen molar-refractivity contribution < 1.29 is 13.9 Å². The van der Waals surface area contributed by atoms with Gasteiger partial charge in [0.2, 0.25) is 5.76 Å². The summed E-state index contributed by atoms with van der Waals surface area (Å²) in [6, 6.07) is 6.96. The number of halogens is 2. The van der Waals surface area contributed by atoms with E-state index in [1.165, 1.54) is 7.11 Å². The lowest BCUT2D eigenvalue weighted by molar-refractivity contribution is 0.0567. The van der Waals surface area contributed by atoms with E-state index in [1.54, 1.807) is 18.2 Å². The Morgan fingerprint density at radius 3 is 2.64 bits per heavy atom. The summed E-state index contributed by atoms with van der Waals surface area (Å²) >= 11 is 12.2. The number of ether oxygens (including phenoxy) is 1. The zero-order valence-electron chi connectivity index (χ0n) is 12.1. The maximum absolute atomic E-state index is 12.0. The first-order valence-corrected chi connectivity index (χ1v) is 7.78. The van der Waals surface area contributed by atoms with Crippen LogP contribution in [0, 0.1) is 0 Å². The number of carbonyl (C=O) groups excluding carboxylic acids is 1. The Hall–Kier alpha value is -1.65. The summed E-state index contributed by atoms with van der Waals surface area (Å²) in [7, 11) is 1.34. The van der Waals surface area contributed by atoms with Gasteiger partial charge in [-0.1, -0.05) is 23.2 Å². The molecule has 1 aliphatic rings. The molecule has 1 aliphatic heterocycles. The number of carbonyl (C=O) groups is 1. The predicted molar refractivity (Wildman–Crippen MR) is 87.0 cm³/mol. The molecule has 2 aromatic rings. The van der Waals surface area contributed by atoms with Crippen molar-refractivity contribution in [2.75, 3.05) is 25.1 Å².